The Labute approximate surface area is 161 Å². The highest BCUT2D eigenvalue weighted by atomic mass is 16.2. The molecule has 0 saturated carbocycles. The predicted molar refractivity (Wildman–Crippen MR) is 110 cm³/mol. The van der Waals surface area contributed by atoms with E-state index in [4.69, 9.17) is 4.98 Å². The summed E-state index contributed by atoms with van der Waals surface area (Å²) in [4.78, 5) is 26.0. The zero-order chi connectivity index (χ0) is 19.6. The van der Waals surface area contributed by atoms with Crippen LogP contribution in [0.3, 0.4) is 0 Å². The topological polar surface area (TPSA) is 61.4 Å². The summed E-state index contributed by atoms with van der Waals surface area (Å²) in [7, 11) is 0. The van der Waals surface area contributed by atoms with Gasteiger partial charge in [0, 0.05) is 43.1 Å². The molecular weight excluding hydrogens is 338 g/mol. The number of hydrogen-bond acceptors (Lipinski definition) is 4. The molecule has 1 aliphatic heterocycles. The van der Waals surface area contributed by atoms with Crippen molar-refractivity contribution in [3.05, 3.63) is 46.9 Å². The number of carbonyl (C=O) groups excluding carboxylic acids is 1. The number of carbonyl (C=O) groups is 1. The molecule has 3 rings (SSSR count). The molecule has 6 nitrogen and oxygen atoms in total. The van der Waals surface area contributed by atoms with Crippen LogP contribution < -0.4 is 10.2 Å². The number of aryl methyl sites for hydroxylation is 3. The van der Waals surface area contributed by atoms with Crippen LogP contribution in [0.1, 0.15) is 42.4 Å². The van der Waals surface area contributed by atoms with E-state index in [1.165, 1.54) is 5.56 Å². The van der Waals surface area contributed by atoms with Crippen molar-refractivity contribution in [2.45, 2.75) is 40.5 Å². The Kier molecular flexibility index (Phi) is 5.63. The molecule has 1 aliphatic rings. The summed E-state index contributed by atoms with van der Waals surface area (Å²) in [6.07, 6.45) is 0. The van der Waals surface area contributed by atoms with E-state index in [2.05, 4.69) is 36.0 Å². The van der Waals surface area contributed by atoms with Gasteiger partial charge in [0.15, 0.2) is 0 Å². The highest BCUT2D eigenvalue weighted by molar-refractivity contribution is 5.89. The summed E-state index contributed by atoms with van der Waals surface area (Å²) in [5.74, 6) is 2.18. The van der Waals surface area contributed by atoms with Crippen LogP contribution in [0.2, 0.25) is 0 Å². The second kappa shape index (κ2) is 7.94. The minimum Gasteiger partial charge on any atom is -0.353 e. The monoisotopic (exact) mass is 367 g/mol. The minimum atomic E-state index is -0.0422. The Balaban J connectivity index is 1.68. The fourth-order valence-electron chi connectivity index (χ4n) is 3.67. The fraction of sp³-hybridized carbons (Fsp3) is 0.476. The van der Waals surface area contributed by atoms with Gasteiger partial charge in [0.2, 0.25) is 0 Å². The molecule has 2 amide bonds. The Hall–Kier alpha value is -2.63. The lowest BCUT2D eigenvalue weighted by atomic mass is 10.0. The summed E-state index contributed by atoms with van der Waals surface area (Å²) < 4.78 is 0. The Morgan fingerprint density at radius 3 is 2.41 bits per heavy atom. The molecule has 0 bridgehead atoms. The summed E-state index contributed by atoms with van der Waals surface area (Å²) in [5.41, 5.74) is 4.23. The van der Waals surface area contributed by atoms with Crippen molar-refractivity contribution in [1.82, 2.24) is 14.9 Å². The molecule has 1 fully saturated rings. The van der Waals surface area contributed by atoms with Crippen molar-refractivity contribution in [2.75, 3.05) is 36.4 Å². The smallest absolute Gasteiger partial charge is 0.321 e. The number of urea groups is 1. The highest BCUT2D eigenvalue weighted by Gasteiger charge is 2.25. The van der Waals surface area contributed by atoms with E-state index in [0.29, 0.717) is 19.0 Å². The van der Waals surface area contributed by atoms with Crippen LogP contribution >= 0.6 is 0 Å². The first-order valence-corrected chi connectivity index (χ1v) is 9.58. The van der Waals surface area contributed by atoms with Crippen LogP contribution in [0.4, 0.5) is 16.3 Å². The molecule has 144 valence electrons. The SMILES string of the molecule is Cc1cccc(NC(=O)N2CCN(c3nc(C)nc(C)c3C(C)C)CC2)c1. The van der Waals surface area contributed by atoms with Gasteiger partial charge in [0.25, 0.3) is 0 Å². The van der Waals surface area contributed by atoms with Crippen LogP contribution in [-0.4, -0.2) is 47.1 Å². The van der Waals surface area contributed by atoms with Crippen LogP contribution in [0.15, 0.2) is 24.3 Å². The Bertz CT molecular complexity index is 825. The Morgan fingerprint density at radius 2 is 1.78 bits per heavy atom. The average Bonchev–Trinajstić information content (AvgIpc) is 2.60. The number of benzene rings is 1. The molecule has 0 atom stereocenters. The van der Waals surface area contributed by atoms with Crippen molar-refractivity contribution in [3.63, 3.8) is 0 Å². The first kappa shape index (κ1) is 19.1. The van der Waals surface area contributed by atoms with Crippen LogP contribution in [0.5, 0.6) is 0 Å². The molecule has 0 unspecified atom stereocenters. The van der Waals surface area contributed by atoms with Gasteiger partial charge in [0.05, 0.1) is 0 Å². The summed E-state index contributed by atoms with van der Waals surface area (Å²) in [6, 6.07) is 7.83. The molecule has 2 aromatic rings. The highest BCUT2D eigenvalue weighted by Crippen LogP contribution is 2.29. The largest absolute Gasteiger partial charge is 0.353 e. The molecule has 0 aliphatic carbocycles. The lowest BCUT2D eigenvalue weighted by molar-refractivity contribution is 0.208. The summed E-state index contributed by atoms with van der Waals surface area (Å²) in [5, 5.41) is 3.00. The van der Waals surface area contributed by atoms with Gasteiger partial charge in [-0.3, -0.25) is 0 Å². The van der Waals surface area contributed by atoms with Crippen LogP contribution in [0.25, 0.3) is 0 Å². The lowest BCUT2D eigenvalue weighted by Gasteiger charge is -2.36. The number of rotatable bonds is 3. The van der Waals surface area contributed by atoms with E-state index >= 15 is 0 Å². The average molecular weight is 367 g/mol. The minimum absolute atomic E-state index is 0.0422. The molecule has 0 spiro atoms. The third kappa shape index (κ3) is 4.38. The molecule has 2 heterocycles. The van der Waals surface area contributed by atoms with Gasteiger partial charge in [-0.05, 0) is 44.4 Å². The van der Waals surface area contributed by atoms with E-state index < -0.39 is 0 Å². The van der Waals surface area contributed by atoms with Gasteiger partial charge in [-0.15, -0.1) is 0 Å². The zero-order valence-electron chi connectivity index (χ0n) is 16.9. The Morgan fingerprint density at radius 1 is 1.07 bits per heavy atom. The second-order valence-electron chi connectivity index (χ2n) is 7.52. The fourth-order valence-corrected chi connectivity index (χ4v) is 3.67. The second-order valence-corrected chi connectivity index (χ2v) is 7.52. The summed E-state index contributed by atoms with van der Waals surface area (Å²) in [6.45, 7) is 13.3. The van der Waals surface area contributed by atoms with Gasteiger partial charge in [-0.2, -0.15) is 0 Å². The van der Waals surface area contributed by atoms with Gasteiger partial charge in [-0.25, -0.2) is 14.8 Å². The number of anilines is 2. The van der Waals surface area contributed by atoms with Crippen LogP contribution in [0, 0.1) is 20.8 Å². The van der Waals surface area contributed by atoms with E-state index in [1.807, 2.05) is 43.0 Å². The third-order valence-electron chi connectivity index (χ3n) is 4.94. The van der Waals surface area contributed by atoms with E-state index in [0.717, 1.165) is 41.7 Å². The summed E-state index contributed by atoms with van der Waals surface area (Å²) >= 11 is 0. The van der Waals surface area contributed by atoms with Gasteiger partial charge >= 0.3 is 6.03 Å². The number of amides is 2. The van der Waals surface area contributed by atoms with Gasteiger partial charge in [-0.1, -0.05) is 26.0 Å². The molecule has 1 aromatic heterocycles. The molecule has 1 saturated heterocycles. The molecule has 0 radical (unpaired) electrons. The lowest BCUT2D eigenvalue weighted by Crippen LogP contribution is -2.50. The predicted octanol–water partition coefficient (Wildman–Crippen LogP) is 3.88. The van der Waals surface area contributed by atoms with E-state index in [-0.39, 0.29) is 6.03 Å². The van der Waals surface area contributed by atoms with Crippen molar-refractivity contribution in [2.24, 2.45) is 0 Å². The van der Waals surface area contributed by atoms with Gasteiger partial charge < -0.3 is 15.1 Å². The zero-order valence-corrected chi connectivity index (χ0v) is 16.9. The van der Waals surface area contributed by atoms with Gasteiger partial charge in [0.1, 0.15) is 11.6 Å². The number of piperazine rings is 1. The van der Waals surface area contributed by atoms with E-state index in [9.17, 15) is 4.79 Å². The molecule has 1 N–H and O–H groups in total. The molecule has 6 heteroatoms. The van der Waals surface area contributed by atoms with Crippen molar-refractivity contribution >= 4 is 17.5 Å². The van der Waals surface area contributed by atoms with Crippen molar-refractivity contribution < 1.29 is 4.79 Å². The first-order chi connectivity index (χ1) is 12.8. The first-order valence-electron chi connectivity index (χ1n) is 9.58. The number of hydrogen-bond donors (Lipinski definition) is 1. The standard InChI is InChI=1S/C21H29N5O/c1-14(2)19-16(4)22-17(5)23-20(19)25-9-11-26(12-10-25)21(27)24-18-8-6-7-15(3)13-18/h6-8,13-14H,9-12H2,1-5H3,(H,24,27). The molecule has 1 aromatic carbocycles. The number of aromatic nitrogens is 2. The maximum Gasteiger partial charge on any atom is 0.321 e. The third-order valence-corrected chi connectivity index (χ3v) is 4.94. The number of nitrogens with zero attached hydrogens (tertiary/aromatic N) is 4. The molecular formula is C21H29N5O. The van der Waals surface area contributed by atoms with Crippen molar-refractivity contribution in [1.29, 1.82) is 0 Å². The molecule has 27 heavy (non-hydrogen) atoms. The quantitative estimate of drug-likeness (QED) is 0.894. The maximum atomic E-state index is 12.6. The van der Waals surface area contributed by atoms with E-state index in [1.54, 1.807) is 0 Å². The maximum absolute atomic E-state index is 12.6. The normalized spacial score (nSPS) is 14.6. The van der Waals surface area contributed by atoms with Crippen molar-refractivity contribution in [3.8, 4) is 0 Å². The van der Waals surface area contributed by atoms with Crippen LogP contribution in [-0.2, 0) is 0 Å². The number of nitrogens with one attached hydrogen (secondary N) is 1.